The van der Waals surface area contributed by atoms with E-state index in [1.54, 1.807) is 24.1 Å². The Labute approximate surface area is 117 Å². The Morgan fingerprint density at radius 2 is 2.15 bits per heavy atom. The molecule has 0 saturated carbocycles. The molecule has 0 aliphatic carbocycles. The Balaban J connectivity index is 1.77. The number of esters is 1. The summed E-state index contributed by atoms with van der Waals surface area (Å²) < 4.78 is 6.25. The van der Waals surface area contributed by atoms with Crippen molar-refractivity contribution >= 4 is 11.9 Å². The molecule has 1 aromatic heterocycles. The number of aryl methyl sites for hydroxylation is 1. The highest BCUT2D eigenvalue weighted by molar-refractivity contribution is 5.93. The minimum Gasteiger partial charge on any atom is -0.468 e. The highest BCUT2D eigenvalue weighted by Crippen LogP contribution is 2.11. The van der Waals surface area contributed by atoms with E-state index in [2.05, 4.69) is 15.2 Å². The normalized spacial score (nSPS) is 16.9. The SMILES string of the molecule is COC(=O)CN1CCC(NC(=O)c2cnn(C)c2)CC1. The van der Waals surface area contributed by atoms with Crippen molar-refractivity contribution in [2.45, 2.75) is 18.9 Å². The number of likely N-dealkylation sites (tertiary alicyclic amines) is 1. The highest BCUT2D eigenvalue weighted by atomic mass is 16.5. The van der Waals surface area contributed by atoms with Gasteiger partial charge in [0.2, 0.25) is 0 Å². The summed E-state index contributed by atoms with van der Waals surface area (Å²) in [7, 11) is 3.17. The number of piperidine rings is 1. The van der Waals surface area contributed by atoms with Crippen molar-refractivity contribution in [3.05, 3.63) is 18.0 Å². The average Bonchev–Trinajstić information content (AvgIpc) is 2.87. The monoisotopic (exact) mass is 280 g/mol. The fourth-order valence-corrected chi connectivity index (χ4v) is 2.29. The maximum atomic E-state index is 12.0. The lowest BCUT2D eigenvalue weighted by atomic mass is 10.0. The van der Waals surface area contributed by atoms with Gasteiger partial charge in [0.25, 0.3) is 5.91 Å². The van der Waals surface area contributed by atoms with Gasteiger partial charge in [-0.25, -0.2) is 0 Å². The summed E-state index contributed by atoms with van der Waals surface area (Å²) in [6, 6.07) is 0.150. The number of aromatic nitrogens is 2. The first-order valence-electron chi connectivity index (χ1n) is 6.67. The van der Waals surface area contributed by atoms with Gasteiger partial charge in [-0.3, -0.25) is 19.2 Å². The largest absolute Gasteiger partial charge is 0.468 e. The van der Waals surface area contributed by atoms with Crippen LogP contribution in [0.5, 0.6) is 0 Å². The third-order valence-corrected chi connectivity index (χ3v) is 3.47. The molecule has 1 N–H and O–H groups in total. The van der Waals surface area contributed by atoms with Gasteiger partial charge in [0, 0.05) is 32.4 Å². The fraction of sp³-hybridized carbons (Fsp3) is 0.615. The third-order valence-electron chi connectivity index (χ3n) is 3.47. The lowest BCUT2D eigenvalue weighted by molar-refractivity contribution is -0.142. The van der Waals surface area contributed by atoms with Gasteiger partial charge in [-0.1, -0.05) is 0 Å². The van der Waals surface area contributed by atoms with Crippen LogP contribution in [0.25, 0.3) is 0 Å². The van der Waals surface area contributed by atoms with Crippen molar-refractivity contribution in [1.29, 1.82) is 0 Å². The van der Waals surface area contributed by atoms with Crippen LogP contribution in [0.2, 0.25) is 0 Å². The Hall–Kier alpha value is -1.89. The molecule has 0 bridgehead atoms. The molecule has 7 nitrogen and oxygen atoms in total. The fourth-order valence-electron chi connectivity index (χ4n) is 2.29. The molecule has 1 fully saturated rings. The van der Waals surface area contributed by atoms with Gasteiger partial charge < -0.3 is 10.1 Å². The Kier molecular flexibility index (Phi) is 4.73. The first-order valence-corrected chi connectivity index (χ1v) is 6.67. The molecular weight excluding hydrogens is 260 g/mol. The van der Waals surface area contributed by atoms with Crippen molar-refractivity contribution in [3.63, 3.8) is 0 Å². The summed E-state index contributed by atoms with van der Waals surface area (Å²) in [4.78, 5) is 25.2. The number of ether oxygens (including phenoxy) is 1. The van der Waals surface area contributed by atoms with Gasteiger partial charge in [0.1, 0.15) is 0 Å². The van der Waals surface area contributed by atoms with Crippen LogP contribution in [0.4, 0.5) is 0 Å². The molecule has 7 heteroatoms. The standard InChI is InChI=1S/C13H20N4O3/c1-16-8-10(7-14-16)13(19)15-11-3-5-17(6-4-11)9-12(18)20-2/h7-8,11H,3-6,9H2,1-2H3,(H,15,19). The smallest absolute Gasteiger partial charge is 0.319 e. The second kappa shape index (κ2) is 6.51. The summed E-state index contributed by atoms with van der Waals surface area (Å²) in [6.45, 7) is 1.89. The Morgan fingerprint density at radius 1 is 1.45 bits per heavy atom. The third kappa shape index (κ3) is 3.80. The Morgan fingerprint density at radius 3 is 2.70 bits per heavy atom. The molecule has 2 heterocycles. The lowest BCUT2D eigenvalue weighted by Crippen LogP contribution is -2.46. The number of nitrogens with zero attached hydrogens (tertiary/aromatic N) is 3. The van der Waals surface area contributed by atoms with Gasteiger partial charge in [-0.05, 0) is 12.8 Å². The molecule has 20 heavy (non-hydrogen) atoms. The zero-order valence-corrected chi connectivity index (χ0v) is 11.8. The molecule has 0 aromatic carbocycles. The molecular formula is C13H20N4O3. The number of hydrogen-bond acceptors (Lipinski definition) is 5. The van der Waals surface area contributed by atoms with Crippen molar-refractivity contribution < 1.29 is 14.3 Å². The molecule has 1 aliphatic heterocycles. The van der Waals surface area contributed by atoms with E-state index in [4.69, 9.17) is 0 Å². The minimum absolute atomic E-state index is 0.0930. The summed E-state index contributed by atoms with van der Waals surface area (Å²) in [5.74, 6) is -0.313. The van der Waals surface area contributed by atoms with Crippen molar-refractivity contribution in [2.24, 2.45) is 7.05 Å². The molecule has 1 aliphatic rings. The number of methoxy groups -OCH3 is 1. The van der Waals surface area contributed by atoms with E-state index in [1.807, 2.05) is 4.90 Å². The summed E-state index contributed by atoms with van der Waals surface area (Å²) >= 11 is 0. The van der Waals surface area contributed by atoms with E-state index >= 15 is 0 Å². The quantitative estimate of drug-likeness (QED) is 0.772. The topological polar surface area (TPSA) is 76.5 Å². The van der Waals surface area contributed by atoms with Gasteiger partial charge in [-0.15, -0.1) is 0 Å². The summed E-state index contributed by atoms with van der Waals surface area (Å²) in [5.41, 5.74) is 0.574. The second-order valence-corrected chi connectivity index (χ2v) is 5.00. The van der Waals surface area contributed by atoms with Crippen molar-refractivity contribution in [1.82, 2.24) is 20.0 Å². The maximum Gasteiger partial charge on any atom is 0.319 e. The first kappa shape index (κ1) is 14.5. The molecule has 1 aromatic rings. The zero-order valence-electron chi connectivity index (χ0n) is 11.8. The van der Waals surface area contributed by atoms with Gasteiger partial charge in [-0.2, -0.15) is 5.10 Å². The van der Waals surface area contributed by atoms with Crippen LogP contribution in [0.15, 0.2) is 12.4 Å². The van der Waals surface area contributed by atoms with Gasteiger partial charge >= 0.3 is 5.97 Å². The molecule has 1 amide bonds. The van der Waals surface area contributed by atoms with Crippen LogP contribution in [-0.4, -0.2) is 59.3 Å². The van der Waals surface area contributed by atoms with Crippen LogP contribution < -0.4 is 5.32 Å². The van der Waals surface area contributed by atoms with E-state index in [-0.39, 0.29) is 17.9 Å². The lowest BCUT2D eigenvalue weighted by Gasteiger charge is -2.31. The van der Waals surface area contributed by atoms with Crippen LogP contribution >= 0.6 is 0 Å². The minimum atomic E-state index is -0.220. The molecule has 0 radical (unpaired) electrons. The number of carbonyl (C=O) groups is 2. The average molecular weight is 280 g/mol. The van der Waals surface area contributed by atoms with E-state index < -0.39 is 0 Å². The maximum absolute atomic E-state index is 12.0. The summed E-state index contributed by atoms with van der Waals surface area (Å²) in [5, 5.41) is 6.98. The molecule has 110 valence electrons. The molecule has 0 atom stereocenters. The molecule has 0 unspecified atom stereocenters. The van der Waals surface area contributed by atoms with Crippen molar-refractivity contribution in [3.8, 4) is 0 Å². The number of rotatable bonds is 4. The van der Waals surface area contributed by atoms with Crippen LogP contribution in [0, 0.1) is 0 Å². The number of nitrogens with one attached hydrogen (secondary N) is 1. The Bertz CT molecular complexity index is 478. The van der Waals surface area contributed by atoms with Gasteiger partial charge in [0.15, 0.2) is 0 Å². The van der Waals surface area contributed by atoms with E-state index in [1.165, 1.54) is 7.11 Å². The van der Waals surface area contributed by atoms with Crippen molar-refractivity contribution in [2.75, 3.05) is 26.7 Å². The predicted octanol–water partition coefficient (Wildman–Crippen LogP) is -0.213. The first-order chi connectivity index (χ1) is 9.58. The highest BCUT2D eigenvalue weighted by Gasteiger charge is 2.22. The number of carbonyl (C=O) groups excluding carboxylic acids is 2. The number of amides is 1. The van der Waals surface area contributed by atoms with E-state index in [9.17, 15) is 9.59 Å². The zero-order chi connectivity index (χ0) is 14.5. The van der Waals surface area contributed by atoms with Gasteiger partial charge in [0.05, 0.1) is 25.4 Å². The van der Waals surface area contributed by atoms with Crippen LogP contribution in [-0.2, 0) is 16.6 Å². The van der Waals surface area contributed by atoms with E-state index in [0.29, 0.717) is 12.1 Å². The van der Waals surface area contributed by atoms with Crippen LogP contribution in [0.3, 0.4) is 0 Å². The van der Waals surface area contributed by atoms with E-state index in [0.717, 1.165) is 25.9 Å². The summed E-state index contributed by atoms with van der Waals surface area (Å²) in [6.07, 6.45) is 4.93. The molecule has 1 saturated heterocycles. The second-order valence-electron chi connectivity index (χ2n) is 5.00. The predicted molar refractivity (Wildman–Crippen MR) is 72.2 cm³/mol. The van der Waals surface area contributed by atoms with Crippen LogP contribution in [0.1, 0.15) is 23.2 Å². The number of hydrogen-bond donors (Lipinski definition) is 1. The molecule has 2 rings (SSSR count). The molecule has 0 spiro atoms.